The summed E-state index contributed by atoms with van der Waals surface area (Å²) >= 11 is 0. The maximum absolute atomic E-state index is 3.53. The Morgan fingerprint density at radius 3 is 2.65 bits per heavy atom. The Balaban J connectivity index is 2.24. The van der Waals surface area contributed by atoms with E-state index in [0.717, 1.165) is 19.0 Å². The highest BCUT2D eigenvalue weighted by atomic mass is 14.8. The van der Waals surface area contributed by atoms with Crippen LogP contribution in [-0.2, 0) is 0 Å². The first-order chi connectivity index (χ1) is 9.72. The number of rotatable bonds is 5. The molecule has 1 nitrogen and oxygen atoms in total. The van der Waals surface area contributed by atoms with Gasteiger partial charge in [0.1, 0.15) is 0 Å². The van der Waals surface area contributed by atoms with E-state index in [1.54, 1.807) is 5.57 Å². The summed E-state index contributed by atoms with van der Waals surface area (Å²) in [7, 11) is 0. The Labute approximate surface area is 124 Å². The van der Waals surface area contributed by atoms with Crippen molar-refractivity contribution in [3.8, 4) is 0 Å². The Kier molecular flexibility index (Phi) is 5.85. The molecule has 1 heteroatoms. The van der Waals surface area contributed by atoms with Crippen LogP contribution in [0, 0.1) is 19.8 Å². The lowest BCUT2D eigenvalue weighted by Crippen LogP contribution is -2.22. The van der Waals surface area contributed by atoms with Crippen LogP contribution >= 0.6 is 0 Å². The molecule has 0 spiro atoms. The van der Waals surface area contributed by atoms with Crippen molar-refractivity contribution in [3.05, 3.63) is 40.5 Å². The molecule has 1 aromatic carbocycles. The van der Waals surface area contributed by atoms with E-state index >= 15 is 0 Å². The Bertz CT molecular complexity index is 453. The van der Waals surface area contributed by atoms with Crippen molar-refractivity contribution in [2.24, 2.45) is 5.92 Å². The van der Waals surface area contributed by atoms with Gasteiger partial charge in [-0.15, -0.1) is 0 Å². The van der Waals surface area contributed by atoms with Gasteiger partial charge in [-0.2, -0.15) is 0 Å². The number of aryl methyl sites for hydroxylation is 1. The second-order valence-electron chi connectivity index (χ2n) is 6.12. The molecule has 0 bridgehead atoms. The fourth-order valence-corrected chi connectivity index (χ4v) is 3.19. The molecule has 20 heavy (non-hydrogen) atoms. The number of hydrogen-bond donors (Lipinski definition) is 1. The van der Waals surface area contributed by atoms with Crippen LogP contribution in [0.3, 0.4) is 0 Å². The van der Waals surface area contributed by atoms with Crippen LogP contribution < -0.4 is 5.32 Å². The van der Waals surface area contributed by atoms with Gasteiger partial charge in [0.2, 0.25) is 0 Å². The number of nitrogens with one attached hydrogen (secondary N) is 1. The third-order valence-electron chi connectivity index (χ3n) is 4.70. The summed E-state index contributed by atoms with van der Waals surface area (Å²) in [6.07, 6.45) is 9.45. The average molecular weight is 271 g/mol. The lowest BCUT2D eigenvalue weighted by atomic mass is 9.82. The summed E-state index contributed by atoms with van der Waals surface area (Å²) in [5.74, 6) is 0.794. The fourth-order valence-electron chi connectivity index (χ4n) is 3.19. The molecular formula is C19H29N. The van der Waals surface area contributed by atoms with Gasteiger partial charge in [-0.05, 0) is 55.8 Å². The molecule has 1 aliphatic carbocycles. The second-order valence-corrected chi connectivity index (χ2v) is 6.12. The van der Waals surface area contributed by atoms with Crippen molar-refractivity contribution in [1.29, 1.82) is 0 Å². The van der Waals surface area contributed by atoms with Gasteiger partial charge in [0.05, 0.1) is 0 Å². The molecule has 2 rings (SSSR count). The van der Waals surface area contributed by atoms with Crippen molar-refractivity contribution in [2.75, 3.05) is 13.1 Å². The quantitative estimate of drug-likeness (QED) is 0.805. The third kappa shape index (κ3) is 3.96. The Morgan fingerprint density at radius 1 is 1.20 bits per heavy atom. The molecule has 1 aliphatic rings. The Hall–Kier alpha value is -1.08. The average Bonchev–Trinajstić information content (AvgIpc) is 2.48. The van der Waals surface area contributed by atoms with Crippen LogP contribution in [0.4, 0.5) is 0 Å². The highest BCUT2D eigenvalue weighted by molar-refractivity contribution is 5.59. The molecule has 0 amide bonds. The highest BCUT2D eigenvalue weighted by Gasteiger charge is 2.17. The molecule has 0 aliphatic heterocycles. The number of benzene rings is 1. The molecule has 0 aromatic heterocycles. The van der Waals surface area contributed by atoms with Gasteiger partial charge in [0.15, 0.2) is 0 Å². The maximum Gasteiger partial charge on any atom is 0.0170 e. The SMILES string of the molecule is CCNC/C(=C/c1cccc(C)c1C)C1CCCCC1. The molecule has 110 valence electrons. The fraction of sp³-hybridized carbons (Fsp3) is 0.579. The van der Waals surface area contributed by atoms with Crippen LogP contribution in [0.5, 0.6) is 0 Å². The summed E-state index contributed by atoms with van der Waals surface area (Å²) in [6, 6.07) is 6.65. The van der Waals surface area contributed by atoms with Crippen LogP contribution in [0.15, 0.2) is 23.8 Å². The van der Waals surface area contributed by atoms with Crippen molar-refractivity contribution >= 4 is 6.08 Å². The molecule has 1 fully saturated rings. The van der Waals surface area contributed by atoms with Crippen LogP contribution in [-0.4, -0.2) is 13.1 Å². The zero-order valence-electron chi connectivity index (χ0n) is 13.3. The zero-order valence-corrected chi connectivity index (χ0v) is 13.3. The number of hydrogen-bond acceptors (Lipinski definition) is 1. The largest absolute Gasteiger partial charge is 0.313 e. The zero-order chi connectivity index (χ0) is 14.4. The Morgan fingerprint density at radius 2 is 1.95 bits per heavy atom. The first kappa shape index (κ1) is 15.3. The molecule has 1 saturated carbocycles. The van der Waals surface area contributed by atoms with E-state index in [1.165, 1.54) is 48.8 Å². The van der Waals surface area contributed by atoms with Gasteiger partial charge in [0.25, 0.3) is 0 Å². The monoisotopic (exact) mass is 271 g/mol. The topological polar surface area (TPSA) is 12.0 Å². The molecule has 0 atom stereocenters. The standard InChI is InChI=1S/C19H29N/c1-4-20-14-19(17-10-6-5-7-11-17)13-18-12-8-9-15(2)16(18)3/h8-9,12-13,17,20H,4-7,10-11,14H2,1-3H3/b19-13-. The van der Waals surface area contributed by atoms with Crippen molar-refractivity contribution in [2.45, 2.75) is 52.9 Å². The molecular weight excluding hydrogens is 242 g/mol. The minimum Gasteiger partial charge on any atom is -0.313 e. The van der Waals surface area contributed by atoms with Gasteiger partial charge in [-0.1, -0.05) is 56.0 Å². The summed E-state index contributed by atoms with van der Waals surface area (Å²) in [5, 5.41) is 3.53. The van der Waals surface area contributed by atoms with Gasteiger partial charge in [-0.25, -0.2) is 0 Å². The van der Waals surface area contributed by atoms with Gasteiger partial charge in [-0.3, -0.25) is 0 Å². The van der Waals surface area contributed by atoms with E-state index in [1.807, 2.05) is 0 Å². The molecule has 0 saturated heterocycles. The van der Waals surface area contributed by atoms with Crippen LogP contribution in [0.1, 0.15) is 55.7 Å². The summed E-state index contributed by atoms with van der Waals surface area (Å²) in [4.78, 5) is 0. The van der Waals surface area contributed by atoms with Crippen LogP contribution in [0.2, 0.25) is 0 Å². The molecule has 0 heterocycles. The first-order valence-corrected chi connectivity index (χ1v) is 8.19. The summed E-state index contributed by atoms with van der Waals surface area (Å²) in [5.41, 5.74) is 5.84. The van der Waals surface area contributed by atoms with Crippen molar-refractivity contribution in [3.63, 3.8) is 0 Å². The van der Waals surface area contributed by atoms with E-state index < -0.39 is 0 Å². The third-order valence-corrected chi connectivity index (χ3v) is 4.70. The lowest BCUT2D eigenvalue weighted by molar-refractivity contribution is 0.397. The normalized spacial score (nSPS) is 17.4. The van der Waals surface area contributed by atoms with E-state index in [4.69, 9.17) is 0 Å². The maximum atomic E-state index is 3.53. The highest BCUT2D eigenvalue weighted by Crippen LogP contribution is 2.31. The van der Waals surface area contributed by atoms with Crippen LogP contribution in [0.25, 0.3) is 6.08 Å². The summed E-state index contributed by atoms with van der Waals surface area (Å²) < 4.78 is 0. The minimum absolute atomic E-state index is 0.794. The minimum atomic E-state index is 0.794. The van der Waals surface area contributed by atoms with Gasteiger partial charge >= 0.3 is 0 Å². The molecule has 1 aromatic rings. The van der Waals surface area contributed by atoms with E-state index in [-0.39, 0.29) is 0 Å². The van der Waals surface area contributed by atoms with Crippen molar-refractivity contribution in [1.82, 2.24) is 5.32 Å². The smallest absolute Gasteiger partial charge is 0.0170 e. The summed E-state index contributed by atoms with van der Waals surface area (Å²) in [6.45, 7) is 8.74. The van der Waals surface area contributed by atoms with Crippen molar-refractivity contribution < 1.29 is 0 Å². The lowest BCUT2D eigenvalue weighted by Gasteiger charge is -2.25. The van der Waals surface area contributed by atoms with E-state index in [0.29, 0.717) is 0 Å². The van der Waals surface area contributed by atoms with E-state index in [9.17, 15) is 0 Å². The second kappa shape index (κ2) is 7.64. The predicted molar refractivity (Wildman–Crippen MR) is 89.0 cm³/mol. The molecule has 0 radical (unpaired) electrons. The molecule has 0 unspecified atom stereocenters. The molecule has 1 N–H and O–H groups in total. The number of likely N-dealkylation sites (N-methyl/N-ethyl adjacent to an activating group) is 1. The first-order valence-electron chi connectivity index (χ1n) is 8.19. The van der Waals surface area contributed by atoms with Gasteiger partial charge in [0, 0.05) is 6.54 Å². The van der Waals surface area contributed by atoms with Gasteiger partial charge < -0.3 is 5.32 Å². The van der Waals surface area contributed by atoms with E-state index in [2.05, 4.69) is 50.4 Å². The predicted octanol–water partition coefficient (Wildman–Crippen LogP) is 4.88.